The molecule has 0 radical (unpaired) electrons. The van der Waals surface area contributed by atoms with E-state index in [0.717, 1.165) is 24.0 Å². The number of amides is 2. The number of carbonyl (C=O) groups is 1. The Morgan fingerprint density at radius 2 is 1.83 bits per heavy atom. The summed E-state index contributed by atoms with van der Waals surface area (Å²) in [5.74, 6) is 0.543. The molecule has 126 valence electrons. The van der Waals surface area contributed by atoms with E-state index in [9.17, 15) is 4.79 Å². The van der Waals surface area contributed by atoms with Crippen LogP contribution in [0.5, 0.6) is 5.75 Å². The highest BCUT2D eigenvalue weighted by molar-refractivity contribution is 6.31. The van der Waals surface area contributed by atoms with Crippen LogP contribution in [0.25, 0.3) is 0 Å². The Morgan fingerprint density at radius 3 is 2.42 bits per heavy atom. The summed E-state index contributed by atoms with van der Waals surface area (Å²) in [4.78, 5) is 12.5. The van der Waals surface area contributed by atoms with Crippen molar-refractivity contribution in [3.63, 3.8) is 0 Å². The van der Waals surface area contributed by atoms with Crippen LogP contribution in [0.1, 0.15) is 29.5 Å². The van der Waals surface area contributed by atoms with E-state index < -0.39 is 0 Å². The topological polar surface area (TPSA) is 50.4 Å². The summed E-state index contributed by atoms with van der Waals surface area (Å²) < 4.78 is 5.30. The average Bonchev–Trinajstić information content (AvgIpc) is 3.31. The number of anilines is 1. The van der Waals surface area contributed by atoms with Gasteiger partial charge < -0.3 is 15.4 Å². The Balaban J connectivity index is 1.74. The summed E-state index contributed by atoms with van der Waals surface area (Å²) in [6.07, 6.45) is 1.89. The standard InChI is InChI=1S/C19H21ClN2O2/c1-12-4-6-14(7-5-12)19(8-9-19)22-18(23)21-16-10-13(2)15(20)11-17(16)24-3/h4-7,10-11H,8-9H2,1-3H3,(H2,21,22,23). The van der Waals surface area contributed by atoms with E-state index in [0.29, 0.717) is 16.5 Å². The van der Waals surface area contributed by atoms with Crippen LogP contribution < -0.4 is 15.4 Å². The summed E-state index contributed by atoms with van der Waals surface area (Å²) in [5.41, 5.74) is 3.58. The fourth-order valence-corrected chi connectivity index (χ4v) is 2.94. The molecule has 0 aromatic heterocycles. The van der Waals surface area contributed by atoms with E-state index in [4.69, 9.17) is 16.3 Å². The van der Waals surface area contributed by atoms with Gasteiger partial charge in [0.2, 0.25) is 0 Å². The molecule has 1 fully saturated rings. The number of halogens is 1. The van der Waals surface area contributed by atoms with Crippen molar-refractivity contribution in [1.82, 2.24) is 5.32 Å². The average molecular weight is 345 g/mol. The van der Waals surface area contributed by atoms with Crippen molar-refractivity contribution in [3.05, 3.63) is 58.1 Å². The monoisotopic (exact) mass is 344 g/mol. The number of urea groups is 1. The fraction of sp³-hybridized carbons (Fsp3) is 0.316. The zero-order valence-corrected chi connectivity index (χ0v) is 14.8. The third kappa shape index (κ3) is 3.34. The quantitative estimate of drug-likeness (QED) is 0.838. The molecule has 0 heterocycles. The second-order valence-electron chi connectivity index (χ2n) is 6.33. The molecule has 2 N–H and O–H groups in total. The van der Waals surface area contributed by atoms with E-state index in [2.05, 4.69) is 41.8 Å². The lowest BCUT2D eigenvalue weighted by molar-refractivity contribution is 0.247. The van der Waals surface area contributed by atoms with Crippen LogP contribution in [0, 0.1) is 13.8 Å². The molecular formula is C19H21ClN2O2. The number of ether oxygens (including phenoxy) is 1. The summed E-state index contributed by atoms with van der Waals surface area (Å²) in [7, 11) is 1.55. The van der Waals surface area contributed by atoms with E-state index in [1.165, 1.54) is 5.56 Å². The normalized spacial score (nSPS) is 14.8. The molecule has 2 aromatic rings. The summed E-state index contributed by atoms with van der Waals surface area (Å²) in [6, 6.07) is 11.6. The summed E-state index contributed by atoms with van der Waals surface area (Å²) in [5, 5.41) is 6.58. The summed E-state index contributed by atoms with van der Waals surface area (Å²) >= 11 is 6.10. The third-order valence-corrected chi connectivity index (χ3v) is 4.84. The van der Waals surface area contributed by atoms with E-state index in [-0.39, 0.29) is 11.6 Å². The Bertz CT molecular complexity index is 768. The van der Waals surface area contributed by atoms with Gasteiger partial charge in [-0.05, 0) is 43.9 Å². The van der Waals surface area contributed by atoms with Gasteiger partial charge in [0.05, 0.1) is 18.3 Å². The Labute approximate surface area is 147 Å². The zero-order valence-electron chi connectivity index (χ0n) is 14.1. The number of rotatable bonds is 4. The van der Waals surface area contributed by atoms with Crippen molar-refractivity contribution in [3.8, 4) is 5.75 Å². The maximum atomic E-state index is 12.5. The van der Waals surface area contributed by atoms with Crippen molar-refractivity contribution >= 4 is 23.3 Å². The molecule has 0 atom stereocenters. The highest BCUT2D eigenvalue weighted by Crippen LogP contribution is 2.45. The predicted molar refractivity (Wildman–Crippen MR) is 97.0 cm³/mol. The molecule has 0 spiro atoms. The molecule has 2 amide bonds. The lowest BCUT2D eigenvalue weighted by Crippen LogP contribution is -2.38. The number of nitrogens with one attached hydrogen (secondary N) is 2. The van der Waals surface area contributed by atoms with Gasteiger partial charge in [0.25, 0.3) is 0 Å². The van der Waals surface area contributed by atoms with Gasteiger partial charge in [0, 0.05) is 11.1 Å². The molecule has 5 heteroatoms. The number of hydrogen-bond acceptors (Lipinski definition) is 2. The van der Waals surface area contributed by atoms with Crippen LogP contribution in [-0.2, 0) is 5.54 Å². The van der Waals surface area contributed by atoms with Crippen molar-refractivity contribution in [2.24, 2.45) is 0 Å². The molecule has 2 aromatic carbocycles. The molecule has 0 aliphatic heterocycles. The van der Waals surface area contributed by atoms with Gasteiger partial charge in [-0.25, -0.2) is 4.79 Å². The van der Waals surface area contributed by atoms with E-state index in [1.54, 1.807) is 13.2 Å². The summed E-state index contributed by atoms with van der Waals surface area (Å²) in [6.45, 7) is 3.94. The first-order chi connectivity index (χ1) is 11.4. The van der Waals surface area contributed by atoms with E-state index >= 15 is 0 Å². The molecule has 4 nitrogen and oxygen atoms in total. The Morgan fingerprint density at radius 1 is 1.17 bits per heavy atom. The van der Waals surface area contributed by atoms with Gasteiger partial charge in [-0.2, -0.15) is 0 Å². The maximum absolute atomic E-state index is 12.5. The molecule has 0 unspecified atom stereocenters. The number of benzene rings is 2. The molecule has 1 aliphatic rings. The first kappa shape index (κ1) is 16.7. The number of hydrogen-bond donors (Lipinski definition) is 2. The highest BCUT2D eigenvalue weighted by atomic mass is 35.5. The highest BCUT2D eigenvalue weighted by Gasteiger charge is 2.45. The van der Waals surface area contributed by atoms with Gasteiger partial charge in [-0.15, -0.1) is 0 Å². The Kier molecular flexibility index (Phi) is 4.41. The number of carbonyl (C=O) groups excluding carboxylic acids is 1. The van der Waals surface area contributed by atoms with Crippen LogP contribution in [0.4, 0.5) is 10.5 Å². The van der Waals surface area contributed by atoms with Gasteiger partial charge >= 0.3 is 6.03 Å². The van der Waals surface area contributed by atoms with Gasteiger partial charge in [0.1, 0.15) is 5.75 Å². The first-order valence-electron chi connectivity index (χ1n) is 7.94. The van der Waals surface area contributed by atoms with E-state index in [1.807, 2.05) is 13.0 Å². The SMILES string of the molecule is COc1cc(Cl)c(C)cc1NC(=O)NC1(c2ccc(C)cc2)CC1. The maximum Gasteiger partial charge on any atom is 0.320 e. The molecule has 0 bridgehead atoms. The minimum absolute atomic E-state index is 0.243. The molecule has 1 aliphatic carbocycles. The molecule has 3 rings (SSSR count). The van der Waals surface area contributed by atoms with Crippen LogP contribution in [-0.4, -0.2) is 13.1 Å². The third-order valence-electron chi connectivity index (χ3n) is 4.44. The lowest BCUT2D eigenvalue weighted by atomic mass is 10.0. The van der Waals surface area contributed by atoms with Crippen LogP contribution in [0.15, 0.2) is 36.4 Å². The molecule has 1 saturated carbocycles. The Hall–Kier alpha value is -2.20. The molecule has 0 saturated heterocycles. The largest absolute Gasteiger partial charge is 0.495 e. The van der Waals surface area contributed by atoms with Crippen LogP contribution >= 0.6 is 11.6 Å². The van der Waals surface area contributed by atoms with Crippen molar-refractivity contribution in [1.29, 1.82) is 0 Å². The zero-order chi connectivity index (χ0) is 17.3. The number of methoxy groups -OCH3 is 1. The smallest absolute Gasteiger partial charge is 0.320 e. The van der Waals surface area contributed by atoms with Crippen LogP contribution in [0.3, 0.4) is 0 Å². The van der Waals surface area contributed by atoms with Gasteiger partial charge in [-0.1, -0.05) is 41.4 Å². The van der Waals surface area contributed by atoms with Crippen molar-refractivity contribution < 1.29 is 9.53 Å². The number of aryl methyl sites for hydroxylation is 2. The second kappa shape index (κ2) is 6.36. The van der Waals surface area contributed by atoms with Crippen molar-refractivity contribution in [2.45, 2.75) is 32.2 Å². The fourth-order valence-electron chi connectivity index (χ4n) is 2.78. The minimum atomic E-state index is -0.257. The molecular weight excluding hydrogens is 324 g/mol. The second-order valence-corrected chi connectivity index (χ2v) is 6.74. The van der Waals surface area contributed by atoms with Crippen molar-refractivity contribution in [2.75, 3.05) is 12.4 Å². The lowest BCUT2D eigenvalue weighted by Gasteiger charge is -2.19. The molecule has 24 heavy (non-hydrogen) atoms. The van der Waals surface area contributed by atoms with Crippen LogP contribution in [0.2, 0.25) is 5.02 Å². The van der Waals surface area contributed by atoms with Gasteiger partial charge in [0.15, 0.2) is 0 Å². The first-order valence-corrected chi connectivity index (χ1v) is 8.32. The predicted octanol–water partition coefficient (Wildman–Crippen LogP) is 4.78. The van der Waals surface area contributed by atoms with Gasteiger partial charge in [-0.3, -0.25) is 0 Å². The minimum Gasteiger partial charge on any atom is -0.495 e.